The van der Waals surface area contributed by atoms with E-state index in [1.165, 1.54) is 36.1 Å². The molecule has 5 aromatic rings. The van der Waals surface area contributed by atoms with E-state index in [1.807, 2.05) is 44.2 Å². The molecule has 45 heavy (non-hydrogen) atoms. The van der Waals surface area contributed by atoms with Crippen molar-refractivity contribution in [3.05, 3.63) is 162 Å². The molecule has 3 nitrogen and oxygen atoms in total. The first-order chi connectivity index (χ1) is 22.0. The van der Waals surface area contributed by atoms with Crippen LogP contribution in [0.25, 0.3) is 35.9 Å². The van der Waals surface area contributed by atoms with Crippen LogP contribution in [0.3, 0.4) is 0 Å². The van der Waals surface area contributed by atoms with Gasteiger partial charge in [-0.25, -0.2) is 0 Å². The molecule has 0 aliphatic carbocycles. The van der Waals surface area contributed by atoms with E-state index in [0.717, 1.165) is 16.0 Å². The maximum absolute atomic E-state index is 13.4. The average Bonchev–Trinajstić information content (AvgIpc) is 3.09. The van der Waals surface area contributed by atoms with E-state index in [2.05, 4.69) is 115 Å². The molecule has 224 valence electrons. The molecule has 0 saturated heterocycles. The van der Waals surface area contributed by atoms with Gasteiger partial charge in [0, 0.05) is 0 Å². The van der Waals surface area contributed by atoms with Gasteiger partial charge in [-0.05, 0) is 13.8 Å². The van der Waals surface area contributed by atoms with Crippen LogP contribution in [0.2, 0.25) is 0 Å². The summed E-state index contributed by atoms with van der Waals surface area (Å²) in [5.74, 6) is 0. The molecule has 0 N–H and O–H groups in total. The van der Waals surface area contributed by atoms with E-state index in [4.69, 9.17) is 9.05 Å². The van der Waals surface area contributed by atoms with Crippen LogP contribution in [0, 0.1) is 0 Å². The Morgan fingerprint density at radius 1 is 0.622 bits per heavy atom. The van der Waals surface area contributed by atoms with E-state index >= 15 is 0 Å². The summed E-state index contributed by atoms with van der Waals surface area (Å²) in [5, 5.41) is 0.572. The third-order valence-corrected chi connectivity index (χ3v) is 12.9. The normalized spacial score (nSPS) is 13.2. The van der Waals surface area contributed by atoms with E-state index < -0.39 is 7.60 Å². The number of benzene rings is 4. The SMILES string of the molecule is CCOP(=O)(OCC)c1ccc(-c2cc(C=C3C=C(c4ccccc4)[Se]C(c4ccccc4)=C3)cc(-c3ccccc3)[s+]2)cc1. The van der Waals surface area contributed by atoms with E-state index in [1.54, 1.807) is 11.3 Å². The molecule has 1 aliphatic rings. The summed E-state index contributed by atoms with van der Waals surface area (Å²) in [6.45, 7) is 4.30. The zero-order valence-corrected chi connectivity index (χ0v) is 28.7. The fourth-order valence-electron chi connectivity index (χ4n) is 5.11. The van der Waals surface area contributed by atoms with Crippen molar-refractivity contribution in [3.8, 4) is 20.9 Å². The van der Waals surface area contributed by atoms with Gasteiger partial charge < -0.3 is 9.05 Å². The molecule has 0 fully saturated rings. The Balaban J connectivity index is 1.45. The number of hydrogen-bond acceptors (Lipinski definition) is 3. The predicted molar refractivity (Wildman–Crippen MR) is 193 cm³/mol. The standard InChI is InChI=1S/C39H34O3PSSe/c1-3-41-43(40,42-4-2)35-22-20-32(21-23-35)37-26-29(25-36(44-37)31-14-8-5-9-15-31)24-30-27-38(33-16-10-6-11-17-33)45-39(28-30)34-18-12-7-13-19-34/h5-28H,3-4H2,1-2H3/q+1. The Labute approximate surface area is 276 Å². The quantitative estimate of drug-likeness (QED) is 0.0831. The minimum absolute atomic E-state index is 0.184. The fourth-order valence-corrected chi connectivity index (χ4v) is 10.2. The van der Waals surface area contributed by atoms with Crippen molar-refractivity contribution in [3.63, 3.8) is 0 Å². The first-order valence-electron chi connectivity index (χ1n) is 15.0. The van der Waals surface area contributed by atoms with Gasteiger partial charge in [-0.2, -0.15) is 0 Å². The second-order valence-corrected chi connectivity index (χ2v) is 15.7. The molecule has 0 atom stereocenters. The van der Waals surface area contributed by atoms with E-state index in [9.17, 15) is 4.57 Å². The van der Waals surface area contributed by atoms with Crippen molar-refractivity contribution < 1.29 is 13.6 Å². The summed E-state index contributed by atoms with van der Waals surface area (Å²) < 4.78 is 27.3. The summed E-state index contributed by atoms with van der Waals surface area (Å²) in [7, 11) is -3.35. The second-order valence-electron chi connectivity index (χ2n) is 10.4. The number of hydrogen-bond donors (Lipinski definition) is 0. The topological polar surface area (TPSA) is 35.5 Å². The zero-order chi connectivity index (χ0) is 31.1. The summed E-state index contributed by atoms with van der Waals surface area (Å²) in [4.78, 5) is 2.30. The van der Waals surface area contributed by atoms with Gasteiger partial charge in [-0.3, -0.25) is 4.57 Å². The van der Waals surface area contributed by atoms with Crippen molar-refractivity contribution >= 4 is 54.2 Å². The molecule has 1 aliphatic heterocycles. The van der Waals surface area contributed by atoms with Gasteiger partial charge in [0.15, 0.2) is 0 Å². The third kappa shape index (κ3) is 7.60. The molecule has 6 rings (SSSR count). The Bertz CT molecular complexity index is 1830. The minimum atomic E-state index is -3.35. The Hall–Kier alpha value is -3.66. The monoisotopic (exact) mass is 693 g/mol. The summed E-state index contributed by atoms with van der Waals surface area (Å²) in [6, 6.07) is 44.2. The van der Waals surface area contributed by atoms with Gasteiger partial charge in [0.1, 0.15) is 0 Å². The van der Waals surface area contributed by atoms with Crippen LogP contribution in [0.15, 0.2) is 145 Å². The first kappa shape index (κ1) is 31.3. The van der Waals surface area contributed by atoms with Crippen LogP contribution in [0.5, 0.6) is 0 Å². The van der Waals surface area contributed by atoms with Crippen LogP contribution in [0.4, 0.5) is 0 Å². The van der Waals surface area contributed by atoms with Crippen LogP contribution in [-0.4, -0.2) is 28.2 Å². The molecule has 1 aromatic heterocycles. The third-order valence-electron chi connectivity index (χ3n) is 7.21. The molecule has 6 heteroatoms. The fraction of sp³-hybridized carbons (Fsp3) is 0.103. The number of allylic oxidation sites excluding steroid dienone is 3. The van der Waals surface area contributed by atoms with Gasteiger partial charge in [-0.1, -0.05) is 0 Å². The summed E-state index contributed by atoms with van der Waals surface area (Å²) in [5.41, 5.74) is 7.05. The van der Waals surface area contributed by atoms with Gasteiger partial charge in [0.05, 0.1) is 13.2 Å². The molecule has 4 aromatic carbocycles. The summed E-state index contributed by atoms with van der Waals surface area (Å²) >= 11 is 1.93. The predicted octanol–water partition coefficient (Wildman–Crippen LogP) is 10.4. The molecule has 0 amide bonds. The maximum atomic E-state index is 13.4. The van der Waals surface area contributed by atoms with Crippen LogP contribution in [-0.2, 0) is 13.6 Å². The molecule has 0 radical (unpaired) electrons. The first-order valence-corrected chi connectivity index (χ1v) is 19.1. The van der Waals surface area contributed by atoms with Gasteiger partial charge in [0.25, 0.3) is 0 Å². The van der Waals surface area contributed by atoms with Crippen LogP contribution in [0.1, 0.15) is 30.5 Å². The summed E-state index contributed by atoms with van der Waals surface area (Å²) in [6.07, 6.45) is 6.97. The van der Waals surface area contributed by atoms with Crippen molar-refractivity contribution in [2.24, 2.45) is 0 Å². The molecule has 0 spiro atoms. The Morgan fingerprint density at radius 2 is 1.07 bits per heavy atom. The van der Waals surface area contributed by atoms with Crippen molar-refractivity contribution in [2.75, 3.05) is 13.2 Å². The van der Waals surface area contributed by atoms with Gasteiger partial charge in [0.2, 0.25) is 0 Å². The van der Waals surface area contributed by atoms with Crippen molar-refractivity contribution in [2.45, 2.75) is 13.8 Å². The number of rotatable bonds is 10. The zero-order valence-electron chi connectivity index (χ0n) is 25.3. The molecule has 0 saturated carbocycles. The van der Waals surface area contributed by atoms with Crippen LogP contribution < -0.4 is 5.30 Å². The van der Waals surface area contributed by atoms with Gasteiger partial charge >= 0.3 is 237 Å². The molecule has 2 heterocycles. The van der Waals surface area contributed by atoms with E-state index in [-0.39, 0.29) is 15.0 Å². The van der Waals surface area contributed by atoms with Crippen LogP contribution >= 0.6 is 18.9 Å². The van der Waals surface area contributed by atoms with Crippen molar-refractivity contribution in [1.82, 2.24) is 0 Å². The molecule has 0 unspecified atom stereocenters. The van der Waals surface area contributed by atoms with Crippen molar-refractivity contribution in [1.29, 1.82) is 0 Å². The molecular weight excluding hydrogens is 658 g/mol. The second kappa shape index (κ2) is 14.6. The average molecular weight is 693 g/mol. The Morgan fingerprint density at radius 3 is 1.53 bits per heavy atom. The Kier molecular flexibility index (Phi) is 10.2. The van der Waals surface area contributed by atoms with Gasteiger partial charge in [-0.15, -0.1) is 0 Å². The van der Waals surface area contributed by atoms with E-state index in [0.29, 0.717) is 18.5 Å². The molecule has 0 bridgehead atoms. The molecular formula is C39H34O3PSSe+.